The molecule has 178 valence electrons. The number of carbonyl (C=O) groups excluding carboxylic acids is 2. The second kappa shape index (κ2) is 9.30. The number of benzene rings is 2. The minimum atomic E-state index is -4.85. The molecule has 0 saturated heterocycles. The Morgan fingerprint density at radius 1 is 1.18 bits per heavy atom. The van der Waals surface area contributed by atoms with E-state index in [-0.39, 0.29) is 18.0 Å². The van der Waals surface area contributed by atoms with E-state index in [1.807, 2.05) is 6.07 Å². The highest BCUT2D eigenvalue weighted by Crippen LogP contribution is 2.29. The number of nitrogens with zero attached hydrogens (tertiary/aromatic N) is 3. The number of aromatic nitrogens is 2. The van der Waals surface area contributed by atoms with Crippen LogP contribution in [0.2, 0.25) is 0 Å². The third kappa shape index (κ3) is 5.74. The number of anilines is 1. The van der Waals surface area contributed by atoms with Gasteiger partial charge in [-0.15, -0.1) is 13.2 Å². The van der Waals surface area contributed by atoms with Crippen LogP contribution in [0.15, 0.2) is 42.5 Å². The molecule has 3 rings (SSSR count). The largest absolute Gasteiger partial charge is 0.573 e. The number of methoxy groups -OCH3 is 1. The molecule has 2 aromatic carbocycles. The van der Waals surface area contributed by atoms with Gasteiger partial charge in [0.1, 0.15) is 11.3 Å². The molecular weight excluding hydrogens is 455 g/mol. The number of nitrogens with one attached hydrogen (secondary N) is 2. The van der Waals surface area contributed by atoms with Crippen molar-refractivity contribution >= 4 is 28.4 Å². The van der Waals surface area contributed by atoms with Gasteiger partial charge in [0.05, 0.1) is 30.6 Å². The lowest BCUT2D eigenvalue weighted by Gasteiger charge is -2.24. The highest BCUT2D eigenvalue weighted by molar-refractivity contribution is 5.95. The Kier molecular flexibility index (Phi) is 6.67. The van der Waals surface area contributed by atoms with Crippen LogP contribution in [-0.4, -0.2) is 40.6 Å². The van der Waals surface area contributed by atoms with Crippen molar-refractivity contribution in [1.29, 1.82) is 5.26 Å². The number of rotatable bonds is 7. The van der Waals surface area contributed by atoms with Gasteiger partial charge in [-0.05, 0) is 49.4 Å². The normalized spacial score (nSPS) is 13.0. The van der Waals surface area contributed by atoms with Gasteiger partial charge in [0.25, 0.3) is 5.91 Å². The molecule has 1 atom stereocenters. The Bertz CT molecular complexity index is 1260. The molecule has 1 heterocycles. The quantitative estimate of drug-likeness (QED) is 0.539. The van der Waals surface area contributed by atoms with E-state index in [9.17, 15) is 28.0 Å². The average molecular weight is 475 g/mol. The summed E-state index contributed by atoms with van der Waals surface area (Å²) in [6.45, 7) is 2.75. The first kappa shape index (κ1) is 24.4. The molecule has 2 N–H and O–H groups in total. The first-order valence-corrected chi connectivity index (χ1v) is 9.85. The molecule has 0 bridgehead atoms. The standard InChI is InChI=1S/C22H20F3N5O4/c1-13(31)27-15-6-9-17-18(10-15)29-30(20(17)33-3)12-21(2,11-26)28-19(32)14-4-7-16(8-5-14)34-22(23,24)25/h4-10H,12H2,1-3H3,(H,27,31)(H,28,32). The van der Waals surface area contributed by atoms with Crippen molar-refractivity contribution in [2.75, 3.05) is 12.4 Å². The Balaban J connectivity index is 1.82. The SMILES string of the molecule is COc1c2ccc(NC(C)=O)cc2nn1CC(C)(C#N)NC(=O)c1ccc(OC(F)(F)F)cc1. The molecule has 1 unspecified atom stereocenters. The van der Waals surface area contributed by atoms with E-state index >= 15 is 0 Å². The van der Waals surface area contributed by atoms with Crippen molar-refractivity contribution < 1.29 is 32.2 Å². The lowest BCUT2D eigenvalue weighted by atomic mass is 10.0. The highest BCUT2D eigenvalue weighted by atomic mass is 19.4. The van der Waals surface area contributed by atoms with Gasteiger partial charge in [-0.1, -0.05) is 0 Å². The van der Waals surface area contributed by atoms with E-state index < -0.39 is 23.6 Å². The van der Waals surface area contributed by atoms with Crippen molar-refractivity contribution in [2.45, 2.75) is 32.3 Å². The number of hydrogen-bond acceptors (Lipinski definition) is 6. The Morgan fingerprint density at radius 2 is 1.85 bits per heavy atom. The summed E-state index contributed by atoms with van der Waals surface area (Å²) in [4.78, 5) is 24.0. The fourth-order valence-electron chi connectivity index (χ4n) is 3.25. The molecule has 0 spiro atoms. The molecule has 3 aromatic rings. The Labute approximate surface area is 192 Å². The maximum absolute atomic E-state index is 12.7. The van der Waals surface area contributed by atoms with Crippen LogP contribution >= 0.6 is 0 Å². The van der Waals surface area contributed by atoms with Crippen LogP contribution in [0.25, 0.3) is 10.9 Å². The second-order valence-electron chi connectivity index (χ2n) is 7.55. The van der Waals surface area contributed by atoms with Gasteiger partial charge in [-0.25, -0.2) is 4.68 Å². The summed E-state index contributed by atoms with van der Waals surface area (Å²) in [5, 5.41) is 20.0. The molecule has 34 heavy (non-hydrogen) atoms. The fourth-order valence-corrected chi connectivity index (χ4v) is 3.25. The first-order valence-electron chi connectivity index (χ1n) is 9.85. The van der Waals surface area contributed by atoms with Crippen LogP contribution in [0.3, 0.4) is 0 Å². The average Bonchev–Trinajstić information content (AvgIpc) is 3.08. The smallest absolute Gasteiger partial charge is 0.481 e. The highest BCUT2D eigenvalue weighted by Gasteiger charge is 2.32. The van der Waals surface area contributed by atoms with Crippen molar-refractivity contribution in [3.05, 3.63) is 48.0 Å². The van der Waals surface area contributed by atoms with Crippen LogP contribution in [0.5, 0.6) is 11.6 Å². The summed E-state index contributed by atoms with van der Waals surface area (Å²) >= 11 is 0. The molecule has 0 radical (unpaired) electrons. The van der Waals surface area contributed by atoms with Crippen molar-refractivity contribution in [3.8, 4) is 17.7 Å². The molecule has 0 fully saturated rings. The number of ether oxygens (including phenoxy) is 2. The van der Waals surface area contributed by atoms with Crippen LogP contribution in [0.1, 0.15) is 24.2 Å². The Hall–Kier alpha value is -4.27. The fraction of sp³-hybridized carbons (Fsp3) is 0.273. The topological polar surface area (TPSA) is 118 Å². The van der Waals surface area contributed by atoms with Crippen molar-refractivity contribution in [2.24, 2.45) is 0 Å². The maximum Gasteiger partial charge on any atom is 0.573 e. The predicted molar refractivity (Wildman–Crippen MR) is 115 cm³/mol. The molecular formula is C22H20F3N5O4. The minimum absolute atomic E-state index is 0.0357. The second-order valence-corrected chi connectivity index (χ2v) is 7.55. The van der Waals surface area contributed by atoms with Gasteiger partial charge >= 0.3 is 6.36 Å². The molecule has 0 aliphatic rings. The lowest BCUT2D eigenvalue weighted by molar-refractivity contribution is -0.274. The van der Waals surface area contributed by atoms with Gasteiger partial charge in [0, 0.05) is 18.2 Å². The molecule has 0 aliphatic carbocycles. The monoisotopic (exact) mass is 475 g/mol. The van der Waals surface area contributed by atoms with Gasteiger partial charge in [-0.3, -0.25) is 9.59 Å². The van der Waals surface area contributed by atoms with E-state index in [1.54, 1.807) is 18.2 Å². The minimum Gasteiger partial charge on any atom is -0.481 e. The Morgan fingerprint density at radius 3 is 2.41 bits per heavy atom. The van der Waals surface area contributed by atoms with E-state index in [1.165, 1.54) is 25.6 Å². The first-order chi connectivity index (χ1) is 15.9. The summed E-state index contributed by atoms with van der Waals surface area (Å²) in [6.07, 6.45) is -4.85. The zero-order valence-electron chi connectivity index (χ0n) is 18.4. The van der Waals surface area contributed by atoms with E-state index in [4.69, 9.17) is 4.74 Å². The van der Waals surface area contributed by atoms with Gasteiger partial charge in [-0.2, -0.15) is 10.4 Å². The number of hydrogen-bond donors (Lipinski definition) is 2. The number of alkyl halides is 3. The third-order valence-electron chi connectivity index (χ3n) is 4.66. The van der Waals surface area contributed by atoms with Crippen LogP contribution in [0.4, 0.5) is 18.9 Å². The summed E-state index contributed by atoms with van der Waals surface area (Å²) in [6, 6.07) is 11.4. The van der Waals surface area contributed by atoms with E-state index in [0.29, 0.717) is 22.5 Å². The molecule has 1 aromatic heterocycles. The number of halogens is 3. The predicted octanol–water partition coefficient (Wildman–Crippen LogP) is 3.61. The molecule has 2 amide bonds. The molecule has 12 heteroatoms. The third-order valence-corrected chi connectivity index (χ3v) is 4.66. The summed E-state index contributed by atoms with van der Waals surface area (Å²) in [7, 11) is 1.43. The maximum atomic E-state index is 12.7. The summed E-state index contributed by atoms with van der Waals surface area (Å²) in [5.41, 5.74) is -0.390. The number of nitriles is 1. The van der Waals surface area contributed by atoms with Gasteiger partial charge in [0.15, 0.2) is 0 Å². The van der Waals surface area contributed by atoms with Crippen LogP contribution in [0, 0.1) is 11.3 Å². The van der Waals surface area contributed by atoms with Gasteiger partial charge < -0.3 is 20.1 Å². The molecule has 9 nitrogen and oxygen atoms in total. The van der Waals surface area contributed by atoms with Crippen LogP contribution in [-0.2, 0) is 11.3 Å². The summed E-state index contributed by atoms with van der Waals surface area (Å²) < 4.78 is 47.6. The zero-order chi connectivity index (χ0) is 25.1. The van der Waals surface area contributed by atoms with Crippen LogP contribution < -0.4 is 20.1 Å². The summed E-state index contributed by atoms with van der Waals surface area (Å²) in [5.74, 6) is -1.05. The van der Waals surface area contributed by atoms with Crippen molar-refractivity contribution in [1.82, 2.24) is 15.1 Å². The lowest BCUT2D eigenvalue weighted by Crippen LogP contribution is -2.48. The number of amides is 2. The molecule has 0 saturated carbocycles. The van der Waals surface area contributed by atoms with Crippen molar-refractivity contribution in [3.63, 3.8) is 0 Å². The zero-order valence-corrected chi connectivity index (χ0v) is 18.4. The van der Waals surface area contributed by atoms with E-state index in [0.717, 1.165) is 24.3 Å². The van der Waals surface area contributed by atoms with Gasteiger partial charge in [0.2, 0.25) is 11.8 Å². The molecule has 0 aliphatic heterocycles. The number of fused-ring (bicyclic) bond motifs is 1. The number of carbonyl (C=O) groups is 2. The van der Waals surface area contributed by atoms with E-state index in [2.05, 4.69) is 20.5 Å².